The lowest BCUT2D eigenvalue weighted by Crippen LogP contribution is -2.32. The van der Waals surface area contributed by atoms with Crippen LogP contribution in [0, 0.1) is 0 Å². The average Bonchev–Trinajstić information content (AvgIpc) is 3.05. The normalized spacial score (nSPS) is 14.8. The lowest BCUT2D eigenvalue weighted by atomic mass is 10.2. The van der Waals surface area contributed by atoms with Crippen LogP contribution >= 0.6 is 0 Å². The molecule has 2 aromatic heterocycles. The van der Waals surface area contributed by atoms with Crippen LogP contribution in [-0.2, 0) is 27.8 Å². The molecule has 1 aliphatic heterocycles. The molecular weight excluding hydrogens is 392 g/mol. The smallest absolute Gasteiger partial charge is 0.339 e. The second-order valence-electron chi connectivity index (χ2n) is 6.66. The molecule has 3 heterocycles. The fourth-order valence-corrected chi connectivity index (χ4v) is 5.04. The number of carbonyl (C=O) groups is 1. The van der Waals surface area contributed by atoms with Crippen LogP contribution in [0.4, 0.5) is 0 Å². The Morgan fingerprint density at radius 1 is 1.10 bits per heavy atom. The summed E-state index contributed by atoms with van der Waals surface area (Å²) in [7, 11) is -2.65. The van der Waals surface area contributed by atoms with E-state index in [0.29, 0.717) is 19.5 Å². The predicted molar refractivity (Wildman–Crippen MR) is 105 cm³/mol. The molecule has 0 saturated carbocycles. The summed E-state index contributed by atoms with van der Waals surface area (Å²) in [6.07, 6.45) is 4.00. The SMILES string of the molecule is COC(=O)c1ccccc1S(=O)(=O)N1CCCn2nc(-c3ccncc3)cc2C1. The van der Waals surface area contributed by atoms with Gasteiger partial charge in [0.2, 0.25) is 10.0 Å². The highest BCUT2D eigenvalue weighted by atomic mass is 32.2. The molecule has 150 valence electrons. The van der Waals surface area contributed by atoms with Gasteiger partial charge in [-0.15, -0.1) is 0 Å². The highest BCUT2D eigenvalue weighted by Gasteiger charge is 2.31. The molecule has 0 aliphatic carbocycles. The van der Waals surface area contributed by atoms with Crippen molar-refractivity contribution in [2.75, 3.05) is 13.7 Å². The number of esters is 1. The van der Waals surface area contributed by atoms with E-state index in [9.17, 15) is 13.2 Å². The summed E-state index contributed by atoms with van der Waals surface area (Å²) in [5, 5.41) is 4.62. The second-order valence-corrected chi connectivity index (χ2v) is 8.57. The van der Waals surface area contributed by atoms with Gasteiger partial charge in [0, 0.05) is 31.0 Å². The average molecular weight is 412 g/mol. The number of hydrogen-bond donors (Lipinski definition) is 0. The number of ether oxygens (including phenoxy) is 1. The Labute approximate surface area is 168 Å². The van der Waals surface area contributed by atoms with Crippen molar-refractivity contribution in [1.82, 2.24) is 19.1 Å². The number of fused-ring (bicyclic) bond motifs is 1. The molecule has 0 spiro atoms. The molecule has 8 nitrogen and oxygen atoms in total. The van der Waals surface area contributed by atoms with E-state index in [1.807, 2.05) is 22.9 Å². The van der Waals surface area contributed by atoms with Crippen molar-refractivity contribution in [1.29, 1.82) is 0 Å². The molecular formula is C20H20N4O4S. The highest BCUT2D eigenvalue weighted by molar-refractivity contribution is 7.89. The summed E-state index contributed by atoms with van der Waals surface area (Å²) in [5.74, 6) is -0.677. The summed E-state index contributed by atoms with van der Waals surface area (Å²) in [6, 6.07) is 11.7. The number of benzene rings is 1. The number of aromatic nitrogens is 3. The number of methoxy groups -OCH3 is 1. The Bertz CT molecular complexity index is 1140. The number of carbonyl (C=O) groups excluding carboxylic acids is 1. The van der Waals surface area contributed by atoms with Crippen LogP contribution in [0.2, 0.25) is 0 Å². The first-order chi connectivity index (χ1) is 14.0. The fourth-order valence-electron chi connectivity index (χ4n) is 3.41. The Balaban J connectivity index is 1.69. The van der Waals surface area contributed by atoms with Crippen LogP contribution < -0.4 is 0 Å². The topological polar surface area (TPSA) is 94.4 Å². The van der Waals surface area contributed by atoms with Crippen LogP contribution in [0.25, 0.3) is 11.3 Å². The molecule has 0 fully saturated rings. The van der Waals surface area contributed by atoms with E-state index in [0.717, 1.165) is 17.0 Å². The van der Waals surface area contributed by atoms with Crippen LogP contribution in [-0.4, -0.2) is 47.1 Å². The van der Waals surface area contributed by atoms with Gasteiger partial charge >= 0.3 is 5.97 Å². The Hall–Kier alpha value is -3.04. The summed E-state index contributed by atoms with van der Waals surface area (Å²) in [4.78, 5) is 16.0. The molecule has 0 atom stereocenters. The van der Waals surface area contributed by atoms with Gasteiger partial charge in [0.05, 0.1) is 35.5 Å². The van der Waals surface area contributed by atoms with E-state index in [1.165, 1.54) is 23.5 Å². The monoisotopic (exact) mass is 412 g/mol. The summed E-state index contributed by atoms with van der Waals surface area (Å²) < 4.78 is 34.7. The minimum absolute atomic E-state index is 0.0326. The van der Waals surface area contributed by atoms with Gasteiger partial charge in [-0.3, -0.25) is 9.67 Å². The van der Waals surface area contributed by atoms with Crippen molar-refractivity contribution in [2.24, 2.45) is 0 Å². The number of hydrogen-bond acceptors (Lipinski definition) is 6. The maximum atomic E-state index is 13.3. The third-order valence-corrected chi connectivity index (χ3v) is 6.77. The van der Waals surface area contributed by atoms with Gasteiger partial charge in [-0.05, 0) is 36.8 Å². The first-order valence-corrected chi connectivity index (χ1v) is 10.6. The maximum Gasteiger partial charge on any atom is 0.339 e. The Morgan fingerprint density at radius 3 is 2.62 bits per heavy atom. The van der Waals surface area contributed by atoms with Crippen LogP contribution in [0.5, 0.6) is 0 Å². The van der Waals surface area contributed by atoms with E-state index in [2.05, 4.69) is 10.1 Å². The van der Waals surface area contributed by atoms with Crippen LogP contribution in [0.1, 0.15) is 22.5 Å². The predicted octanol–water partition coefficient (Wildman–Crippen LogP) is 2.33. The molecule has 0 unspecified atom stereocenters. The van der Waals surface area contributed by atoms with Crippen LogP contribution in [0.15, 0.2) is 59.8 Å². The Morgan fingerprint density at radius 2 is 1.86 bits per heavy atom. The lowest BCUT2D eigenvalue weighted by molar-refractivity contribution is 0.0596. The molecule has 9 heteroatoms. The first-order valence-electron chi connectivity index (χ1n) is 9.15. The minimum atomic E-state index is -3.89. The maximum absolute atomic E-state index is 13.3. The zero-order valence-electron chi connectivity index (χ0n) is 15.9. The van der Waals surface area contributed by atoms with Gasteiger partial charge in [-0.2, -0.15) is 9.40 Å². The van der Waals surface area contributed by atoms with Gasteiger partial charge in [0.15, 0.2) is 0 Å². The quantitative estimate of drug-likeness (QED) is 0.611. The number of rotatable bonds is 4. The third kappa shape index (κ3) is 3.66. The fraction of sp³-hybridized carbons (Fsp3) is 0.250. The third-order valence-electron chi connectivity index (χ3n) is 4.87. The van der Waals surface area contributed by atoms with Crippen molar-refractivity contribution >= 4 is 16.0 Å². The largest absolute Gasteiger partial charge is 0.465 e. The number of nitrogens with zero attached hydrogens (tertiary/aromatic N) is 4. The zero-order chi connectivity index (χ0) is 20.4. The minimum Gasteiger partial charge on any atom is -0.465 e. The molecule has 0 N–H and O–H groups in total. The molecule has 1 aliphatic rings. The highest BCUT2D eigenvalue weighted by Crippen LogP contribution is 2.27. The van der Waals surface area contributed by atoms with Crippen molar-refractivity contribution in [2.45, 2.75) is 24.4 Å². The van der Waals surface area contributed by atoms with E-state index < -0.39 is 16.0 Å². The number of aryl methyl sites for hydroxylation is 1. The van der Waals surface area contributed by atoms with E-state index in [4.69, 9.17) is 4.74 Å². The van der Waals surface area contributed by atoms with Crippen molar-refractivity contribution < 1.29 is 17.9 Å². The molecule has 0 radical (unpaired) electrons. The lowest BCUT2D eigenvalue weighted by Gasteiger charge is -2.21. The van der Waals surface area contributed by atoms with E-state index >= 15 is 0 Å². The van der Waals surface area contributed by atoms with E-state index in [1.54, 1.807) is 24.5 Å². The summed E-state index contributed by atoms with van der Waals surface area (Å²) in [6.45, 7) is 1.13. The molecule has 3 aromatic rings. The standard InChI is InChI=1S/C20H20N4O4S/c1-28-20(25)17-5-2-3-6-19(17)29(26,27)23-11-4-12-24-16(14-23)13-18(22-24)15-7-9-21-10-8-15/h2-3,5-10,13H,4,11-12,14H2,1H3. The molecule has 4 rings (SSSR count). The molecule has 0 amide bonds. The first kappa shape index (κ1) is 19.3. The second kappa shape index (κ2) is 7.76. The van der Waals surface area contributed by atoms with Crippen molar-refractivity contribution in [3.63, 3.8) is 0 Å². The molecule has 29 heavy (non-hydrogen) atoms. The number of sulfonamides is 1. The molecule has 1 aromatic carbocycles. The van der Waals surface area contributed by atoms with Gasteiger partial charge < -0.3 is 4.74 Å². The van der Waals surface area contributed by atoms with Gasteiger partial charge in [-0.1, -0.05) is 12.1 Å². The van der Waals surface area contributed by atoms with Gasteiger partial charge in [-0.25, -0.2) is 13.2 Å². The van der Waals surface area contributed by atoms with Crippen molar-refractivity contribution in [3.05, 3.63) is 66.1 Å². The van der Waals surface area contributed by atoms with Crippen molar-refractivity contribution in [3.8, 4) is 11.3 Å². The van der Waals surface area contributed by atoms with E-state index in [-0.39, 0.29) is 17.0 Å². The van der Waals surface area contributed by atoms with Gasteiger partial charge in [0.1, 0.15) is 0 Å². The Kier molecular flexibility index (Phi) is 5.16. The summed E-state index contributed by atoms with van der Waals surface area (Å²) in [5.41, 5.74) is 2.53. The molecule has 0 bridgehead atoms. The summed E-state index contributed by atoms with van der Waals surface area (Å²) >= 11 is 0. The zero-order valence-corrected chi connectivity index (χ0v) is 16.7. The van der Waals surface area contributed by atoms with Gasteiger partial charge in [0.25, 0.3) is 0 Å². The van der Waals surface area contributed by atoms with Crippen LogP contribution in [0.3, 0.4) is 0 Å². The molecule has 0 saturated heterocycles. The number of pyridine rings is 1.